The summed E-state index contributed by atoms with van der Waals surface area (Å²) >= 11 is 0. The Hall–Kier alpha value is -2.09. The van der Waals surface area contributed by atoms with E-state index in [9.17, 15) is 13.2 Å². The lowest BCUT2D eigenvalue weighted by Crippen LogP contribution is -2.30. The number of amides is 1. The minimum atomic E-state index is -3.36. The van der Waals surface area contributed by atoms with Gasteiger partial charge >= 0.3 is 0 Å². The molecule has 0 saturated heterocycles. The molecule has 0 aromatic heterocycles. The summed E-state index contributed by atoms with van der Waals surface area (Å²) in [4.78, 5) is 13.6. The van der Waals surface area contributed by atoms with E-state index in [0.717, 1.165) is 6.26 Å². The van der Waals surface area contributed by atoms with Gasteiger partial charge < -0.3 is 15.8 Å². The highest BCUT2D eigenvalue weighted by molar-refractivity contribution is 7.90. The Bertz CT molecular complexity index is 625. The maximum Gasteiger partial charge on any atom is 0.253 e. The van der Waals surface area contributed by atoms with Crippen molar-refractivity contribution in [1.82, 2.24) is 4.90 Å². The van der Waals surface area contributed by atoms with Crippen LogP contribution in [0.25, 0.3) is 0 Å². The third kappa shape index (κ3) is 4.23. The fourth-order valence-corrected chi connectivity index (χ4v) is 2.18. The number of hydrogen-bond acceptors (Lipinski definition) is 5. The van der Waals surface area contributed by atoms with E-state index < -0.39 is 9.84 Å². The Morgan fingerprint density at radius 3 is 2.65 bits per heavy atom. The monoisotopic (exact) mass is 299 g/mol. The van der Waals surface area contributed by atoms with Gasteiger partial charge in [-0.15, -0.1) is 0 Å². The van der Waals surface area contributed by atoms with Gasteiger partial charge in [-0.2, -0.15) is 0 Å². The summed E-state index contributed by atoms with van der Waals surface area (Å²) < 4.78 is 22.9. The molecule has 8 heteroatoms. The fraction of sp³-hybridized carbons (Fsp3) is 0.333. The second kappa shape index (κ2) is 6.38. The number of hydrogen-bond donors (Lipinski definition) is 2. The molecule has 0 aliphatic heterocycles. The highest BCUT2D eigenvalue weighted by Gasteiger charge is 2.15. The summed E-state index contributed by atoms with van der Waals surface area (Å²) in [5.74, 6) is -0.309. The average molecular weight is 299 g/mol. The standard InChI is InChI=1S/C12H17N3O4S/c1-15(7-6-11(13)14-17)12(16)9-4-3-5-10(8-9)20(2,18)19/h3-5,8,17H,6-7H2,1-2H3,(H2,13,14). The number of sulfone groups is 1. The van der Waals surface area contributed by atoms with Crippen molar-refractivity contribution in [2.75, 3.05) is 19.8 Å². The number of amidine groups is 1. The number of carbonyl (C=O) groups excluding carboxylic acids is 1. The summed E-state index contributed by atoms with van der Waals surface area (Å²) in [7, 11) is -1.80. The van der Waals surface area contributed by atoms with Gasteiger partial charge in [0.2, 0.25) is 0 Å². The van der Waals surface area contributed by atoms with Crippen LogP contribution in [0.15, 0.2) is 34.3 Å². The van der Waals surface area contributed by atoms with Gasteiger partial charge in [0.05, 0.1) is 4.90 Å². The molecule has 1 amide bonds. The van der Waals surface area contributed by atoms with E-state index in [1.54, 1.807) is 7.05 Å². The molecule has 0 heterocycles. The van der Waals surface area contributed by atoms with Crippen molar-refractivity contribution in [2.24, 2.45) is 10.9 Å². The van der Waals surface area contributed by atoms with Crippen LogP contribution in [0.1, 0.15) is 16.8 Å². The number of carbonyl (C=O) groups is 1. The molecule has 0 atom stereocenters. The topological polar surface area (TPSA) is 113 Å². The van der Waals surface area contributed by atoms with Gasteiger partial charge in [-0.3, -0.25) is 4.79 Å². The number of nitrogens with zero attached hydrogens (tertiary/aromatic N) is 2. The first-order valence-corrected chi connectivity index (χ1v) is 7.67. The van der Waals surface area contributed by atoms with Crippen LogP contribution >= 0.6 is 0 Å². The molecule has 0 saturated carbocycles. The summed E-state index contributed by atoms with van der Waals surface area (Å²) in [6.07, 6.45) is 1.31. The van der Waals surface area contributed by atoms with E-state index in [1.165, 1.54) is 29.2 Å². The van der Waals surface area contributed by atoms with Crippen LogP contribution in [0.4, 0.5) is 0 Å². The Kier molecular flexibility index (Phi) is 5.09. The van der Waals surface area contributed by atoms with Crippen molar-refractivity contribution in [3.63, 3.8) is 0 Å². The molecule has 1 aromatic rings. The maximum atomic E-state index is 12.1. The van der Waals surface area contributed by atoms with Gasteiger partial charge in [0.15, 0.2) is 9.84 Å². The lowest BCUT2D eigenvalue weighted by atomic mass is 10.2. The largest absolute Gasteiger partial charge is 0.409 e. The van der Waals surface area contributed by atoms with Crippen LogP contribution in [0.5, 0.6) is 0 Å². The summed E-state index contributed by atoms with van der Waals surface area (Å²) in [6.45, 7) is 0.262. The molecule has 0 radical (unpaired) electrons. The van der Waals surface area contributed by atoms with Gasteiger partial charge in [-0.25, -0.2) is 8.42 Å². The molecule has 1 rings (SSSR count). The highest BCUT2D eigenvalue weighted by Crippen LogP contribution is 2.13. The summed E-state index contributed by atoms with van der Waals surface area (Å²) in [5.41, 5.74) is 5.60. The first-order valence-electron chi connectivity index (χ1n) is 5.77. The van der Waals surface area contributed by atoms with E-state index in [0.29, 0.717) is 0 Å². The third-order valence-corrected chi connectivity index (χ3v) is 3.80. The zero-order valence-corrected chi connectivity index (χ0v) is 12.1. The van der Waals surface area contributed by atoms with Crippen LogP contribution in [0, 0.1) is 0 Å². The number of rotatable bonds is 5. The lowest BCUT2D eigenvalue weighted by molar-refractivity contribution is 0.0798. The molecule has 3 N–H and O–H groups in total. The van der Waals surface area contributed by atoms with Crippen molar-refractivity contribution in [3.8, 4) is 0 Å². The van der Waals surface area contributed by atoms with Gasteiger partial charge in [0.25, 0.3) is 5.91 Å². The maximum absolute atomic E-state index is 12.1. The number of oxime groups is 1. The molecule has 0 fully saturated rings. The van der Waals surface area contributed by atoms with E-state index in [4.69, 9.17) is 10.9 Å². The molecule has 110 valence electrons. The van der Waals surface area contributed by atoms with E-state index >= 15 is 0 Å². The summed E-state index contributed by atoms with van der Waals surface area (Å²) in [6, 6.07) is 5.82. The minimum absolute atomic E-state index is 0.0227. The van der Waals surface area contributed by atoms with Crippen LogP contribution < -0.4 is 5.73 Å². The van der Waals surface area contributed by atoms with Crippen molar-refractivity contribution in [3.05, 3.63) is 29.8 Å². The van der Waals surface area contributed by atoms with Gasteiger partial charge in [-0.1, -0.05) is 11.2 Å². The molecule has 0 spiro atoms. The Morgan fingerprint density at radius 2 is 2.10 bits per heavy atom. The molecule has 20 heavy (non-hydrogen) atoms. The van der Waals surface area contributed by atoms with Crippen LogP contribution in [0.2, 0.25) is 0 Å². The number of benzene rings is 1. The lowest BCUT2D eigenvalue weighted by Gasteiger charge is -2.17. The molecule has 0 aliphatic rings. The predicted molar refractivity (Wildman–Crippen MR) is 74.5 cm³/mol. The van der Waals surface area contributed by atoms with Crippen molar-refractivity contribution in [2.45, 2.75) is 11.3 Å². The molecule has 0 aliphatic carbocycles. The second-order valence-corrected chi connectivity index (χ2v) is 6.38. The molecule has 7 nitrogen and oxygen atoms in total. The SMILES string of the molecule is CN(CC/C(N)=N/O)C(=O)c1cccc(S(C)(=O)=O)c1. The predicted octanol–water partition coefficient (Wildman–Crippen LogP) is 0.299. The van der Waals surface area contributed by atoms with E-state index in [-0.39, 0.29) is 35.2 Å². The first kappa shape index (κ1) is 16.0. The molecular formula is C12H17N3O4S. The van der Waals surface area contributed by atoms with E-state index in [1.807, 2.05) is 0 Å². The van der Waals surface area contributed by atoms with Crippen LogP contribution in [-0.2, 0) is 9.84 Å². The smallest absolute Gasteiger partial charge is 0.253 e. The van der Waals surface area contributed by atoms with E-state index in [2.05, 4.69) is 5.16 Å². The zero-order valence-electron chi connectivity index (χ0n) is 11.3. The minimum Gasteiger partial charge on any atom is -0.409 e. The number of nitrogens with two attached hydrogens (primary N) is 1. The van der Waals surface area contributed by atoms with Crippen molar-refractivity contribution >= 4 is 21.6 Å². The molecule has 1 aromatic carbocycles. The Morgan fingerprint density at radius 1 is 1.45 bits per heavy atom. The zero-order chi connectivity index (χ0) is 15.3. The highest BCUT2D eigenvalue weighted by atomic mass is 32.2. The Labute approximate surface area is 117 Å². The van der Waals surface area contributed by atoms with Crippen molar-refractivity contribution in [1.29, 1.82) is 0 Å². The summed E-state index contributed by atoms with van der Waals surface area (Å²) in [5, 5.41) is 11.2. The molecule has 0 unspecified atom stereocenters. The average Bonchev–Trinajstić information content (AvgIpc) is 2.42. The quantitative estimate of drug-likeness (QED) is 0.351. The normalized spacial score (nSPS) is 12.2. The second-order valence-electron chi connectivity index (χ2n) is 4.37. The fourth-order valence-electron chi connectivity index (χ4n) is 1.51. The third-order valence-electron chi connectivity index (χ3n) is 2.69. The van der Waals surface area contributed by atoms with Crippen LogP contribution in [0.3, 0.4) is 0 Å². The van der Waals surface area contributed by atoms with Gasteiger partial charge in [0.1, 0.15) is 5.84 Å². The van der Waals surface area contributed by atoms with Crippen molar-refractivity contribution < 1.29 is 18.4 Å². The molecule has 0 bridgehead atoms. The van der Waals surface area contributed by atoms with Gasteiger partial charge in [0, 0.05) is 31.8 Å². The first-order chi connectivity index (χ1) is 9.25. The van der Waals surface area contributed by atoms with Gasteiger partial charge in [-0.05, 0) is 18.2 Å². The van der Waals surface area contributed by atoms with Crippen LogP contribution in [-0.4, -0.2) is 50.1 Å². The Balaban J connectivity index is 2.87. The molecular weight excluding hydrogens is 282 g/mol.